The molecule has 0 atom stereocenters. The van der Waals surface area contributed by atoms with Crippen LogP contribution in [0.25, 0.3) is 11.1 Å². The Labute approximate surface area is 136 Å². The van der Waals surface area contributed by atoms with Gasteiger partial charge in [0.2, 0.25) is 0 Å². The van der Waals surface area contributed by atoms with Crippen LogP contribution in [0.4, 0.5) is 5.82 Å². The van der Waals surface area contributed by atoms with E-state index in [1.807, 2.05) is 36.4 Å². The Bertz CT molecular complexity index is 597. The van der Waals surface area contributed by atoms with Gasteiger partial charge in [-0.3, -0.25) is 0 Å². The summed E-state index contributed by atoms with van der Waals surface area (Å²) < 4.78 is 0. The molecule has 4 nitrogen and oxygen atoms in total. The number of anilines is 1. The minimum Gasteiger partial charge on any atom is -0.367 e. The summed E-state index contributed by atoms with van der Waals surface area (Å²) in [6.45, 7) is 4.35. The van der Waals surface area contributed by atoms with Gasteiger partial charge in [-0.1, -0.05) is 48.4 Å². The molecular formula is C17H21ClN4. The number of piperidine rings is 1. The summed E-state index contributed by atoms with van der Waals surface area (Å²) in [7, 11) is 0. The SMILES string of the molecule is Clc1nnc(NCCN2CCCCC2)cc1-c1ccccc1. The molecule has 22 heavy (non-hydrogen) atoms. The number of hydrogen-bond acceptors (Lipinski definition) is 4. The highest BCUT2D eigenvalue weighted by molar-refractivity contribution is 6.32. The van der Waals surface area contributed by atoms with Crippen LogP contribution in [0, 0.1) is 0 Å². The zero-order valence-corrected chi connectivity index (χ0v) is 13.4. The van der Waals surface area contributed by atoms with Crippen molar-refractivity contribution in [1.29, 1.82) is 0 Å². The number of aromatic nitrogens is 2. The van der Waals surface area contributed by atoms with E-state index >= 15 is 0 Å². The predicted molar refractivity (Wildman–Crippen MR) is 91.3 cm³/mol. The second-order valence-electron chi connectivity index (χ2n) is 5.63. The van der Waals surface area contributed by atoms with E-state index in [1.54, 1.807) is 0 Å². The molecule has 0 radical (unpaired) electrons. The van der Waals surface area contributed by atoms with Crippen molar-refractivity contribution in [2.75, 3.05) is 31.5 Å². The Morgan fingerprint density at radius 1 is 1.05 bits per heavy atom. The molecule has 116 valence electrons. The lowest BCUT2D eigenvalue weighted by Gasteiger charge is -2.26. The first kappa shape index (κ1) is 15.3. The summed E-state index contributed by atoms with van der Waals surface area (Å²) >= 11 is 6.18. The number of halogens is 1. The van der Waals surface area contributed by atoms with Crippen molar-refractivity contribution < 1.29 is 0 Å². The number of nitrogens with zero attached hydrogens (tertiary/aromatic N) is 3. The summed E-state index contributed by atoms with van der Waals surface area (Å²) in [6, 6.07) is 12.0. The van der Waals surface area contributed by atoms with Crippen LogP contribution in [0.1, 0.15) is 19.3 Å². The summed E-state index contributed by atoms with van der Waals surface area (Å²) in [5, 5.41) is 12.0. The molecule has 1 saturated heterocycles. The van der Waals surface area contributed by atoms with Crippen LogP contribution in [0.3, 0.4) is 0 Å². The van der Waals surface area contributed by atoms with Crippen molar-refractivity contribution in [2.24, 2.45) is 0 Å². The van der Waals surface area contributed by atoms with Crippen molar-refractivity contribution in [3.05, 3.63) is 41.6 Å². The molecule has 5 heteroatoms. The molecule has 0 unspecified atom stereocenters. The van der Waals surface area contributed by atoms with Gasteiger partial charge in [0.25, 0.3) is 0 Å². The maximum Gasteiger partial charge on any atom is 0.159 e. The van der Waals surface area contributed by atoms with E-state index in [4.69, 9.17) is 11.6 Å². The van der Waals surface area contributed by atoms with Crippen LogP contribution < -0.4 is 5.32 Å². The van der Waals surface area contributed by atoms with Gasteiger partial charge in [-0.2, -0.15) is 0 Å². The second-order valence-corrected chi connectivity index (χ2v) is 5.99. The topological polar surface area (TPSA) is 41.1 Å². The molecule has 1 aromatic carbocycles. The van der Waals surface area contributed by atoms with E-state index in [-0.39, 0.29) is 0 Å². The van der Waals surface area contributed by atoms with E-state index in [9.17, 15) is 0 Å². The van der Waals surface area contributed by atoms with Crippen LogP contribution in [0.15, 0.2) is 36.4 Å². The first-order chi connectivity index (χ1) is 10.8. The molecule has 0 spiro atoms. The summed E-state index contributed by atoms with van der Waals surface area (Å²) in [4.78, 5) is 2.50. The number of nitrogens with one attached hydrogen (secondary N) is 1. The molecule has 1 aliphatic heterocycles. The maximum absolute atomic E-state index is 6.18. The van der Waals surface area contributed by atoms with Crippen LogP contribution in [-0.2, 0) is 0 Å². The lowest BCUT2D eigenvalue weighted by atomic mass is 10.1. The van der Waals surface area contributed by atoms with Gasteiger partial charge in [0, 0.05) is 18.7 Å². The molecule has 2 heterocycles. The highest BCUT2D eigenvalue weighted by Crippen LogP contribution is 2.27. The lowest BCUT2D eigenvalue weighted by Crippen LogP contribution is -2.33. The largest absolute Gasteiger partial charge is 0.367 e. The van der Waals surface area contributed by atoms with Gasteiger partial charge in [-0.25, -0.2) is 0 Å². The molecule has 1 aromatic heterocycles. The smallest absolute Gasteiger partial charge is 0.159 e. The van der Waals surface area contributed by atoms with Crippen LogP contribution >= 0.6 is 11.6 Å². The first-order valence-corrected chi connectivity index (χ1v) is 8.25. The zero-order valence-electron chi connectivity index (χ0n) is 12.6. The third-order valence-corrected chi connectivity index (χ3v) is 4.30. The zero-order chi connectivity index (χ0) is 15.2. The van der Waals surface area contributed by atoms with Crippen molar-refractivity contribution >= 4 is 17.4 Å². The molecule has 3 rings (SSSR count). The molecule has 2 aromatic rings. The van der Waals surface area contributed by atoms with Gasteiger partial charge in [0.1, 0.15) is 5.82 Å². The highest BCUT2D eigenvalue weighted by atomic mass is 35.5. The Balaban J connectivity index is 1.62. The number of benzene rings is 1. The Morgan fingerprint density at radius 2 is 1.82 bits per heavy atom. The third kappa shape index (κ3) is 3.96. The Morgan fingerprint density at radius 3 is 2.59 bits per heavy atom. The monoisotopic (exact) mass is 316 g/mol. The minimum absolute atomic E-state index is 0.438. The fourth-order valence-electron chi connectivity index (χ4n) is 2.81. The van der Waals surface area contributed by atoms with Crippen molar-refractivity contribution in [2.45, 2.75) is 19.3 Å². The van der Waals surface area contributed by atoms with Crippen LogP contribution in [0.5, 0.6) is 0 Å². The van der Waals surface area contributed by atoms with E-state index in [2.05, 4.69) is 20.4 Å². The molecule has 0 bridgehead atoms. The summed E-state index contributed by atoms with van der Waals surface area (Å²) in [5.74, 6) is 0.778. The summed E-state index contributed by atoms with van der Waals surface area (Å²) in [5.41, 5.74) is 1.97. The maximum atomic E-state index is 6.18. The summed E-state index contributed by atoms with van der Waals surface area (Å²) in [6.07, 6.45) is 4.00. The molecule has 0 aliphatic carbocycles. The standard InChI is InChI=1S/C17H21ClN4/c18-17-15(14-7-3-1-4-8-14)13-16(20-21-17)19-9-12-22-10-5-2-6-11-22/h1,3-4,7-8,13H,2,5-6,9-12H2,(H,19,20). The van der Waals surface area contributed by atoms with Gasteiger partial charge in [-0.05, 0) is 37.6 Å². The molecule has 1 aliphatic rings. The van der Waals surface area contributed by atoms with E-state index in [1.165, 1.54) is 32.4 Å². The molecule has 0 amide bonds. The number of likely N-dealkylation sites (tertiary alicyclic amines) is 1. The van der Waals surface area contributed by atoms with Crippen LogP contribution in [-0.4, -0.2) is 41.3 Å². The Kier molecular flexibility index (Phi) is 5.24. The fourth-order valence-corrected chi connectivity index (χ4v) is 3.01. The van der Waals surface area contributed by atoms with Crippen molar-refractivity contribution in [3.63, 3.8) is 0 Å². The lowest BCUT2D eigenvalue weighted by molar-refractivity contribution is 0.237. The highest BCUT2D eigenvalue weighted by Gasteiger charge is 2.10. The molecule has 0 saturated carbocycles. The van der Waals surface area contributed by atoms with Gasteiger partial charge in [0.15, 0.2) is 5.15 Å². The van der Waals surface area contributed by atoms with E-state index < -0.39 is 0 Å². The average Bonchev–Trinajstić information content (AvgIpc) is 2.58. The normalized spacial score (nSPS) is 15.7. The third-order valence-electron chi connectivity index (χ3n) is 4.02. The molecular weight excluding hydrogens is 296 g/mol. The second kappa shape index (κ2) is 7.56. The molecule has 1 N–H and O–H groups in total. The van der Waals surface area contributed by atoms with Crippen molar-refractivity contribution in [1.82, 2.24) is 15.1 Å². The minimum atomic E-state index is 0.438. The van der Waals surface area contributed by atoms with Gasteiger partial charge in [0.05, 0.1) is 0 Å². The van der Waals surface area contributed by atoms with Crippen LogP contribution in [0.2, 0.25) is 5.15 Å². The number of hydrogen-bond donors (Lipinski definition) is 1. The quantitative estimate of drug-likeness (QED) is 0.913. The fraction of sp³-hybridized carbons (Fsp3) is 0.412. The number of rotatable bonds is 5. The van der Waals surface area contributed by atoms with E-state index in [0.717, 1.165) is 30.0 Å². The predicted octanol–water partition coefficient (Wildman–Crippen LogP) is 3.69. The average molecular weight is 317 g/mol. The Hall–Kier alpha value is -1.65. The van der Waals surface area contributed by atoms with Gasteiger partial charge in [-0.15, -0.1) is 10.2 Å². The van der Waals surface area contributed by atoms with Gasteiger partial charge < -0.3 is 10.2 Å². The molecule has 1 fully saturated rings. The van der Waals surface area contributed by atoms with Gasteiger partial charge >= 0.3 is 0 Å². The van der Waals surface area contributed by atoms with Crippen molar-refractivity contribution in [3.8, 4) is 11.1 Å². The van der Waals surface area contributed by atoms with E-state index in [0.29, 0.717) is 5.15 Å². The first-order valence-electron chi connectivity index (χ1n) is 7.88.